The van der Waals surface area contributed by atoms with Gasteiger partial charge in [-0.2, -0.15) is 5.10 Å². The van der Waals surface area contributed by atoms with E-state index in [4.69, 9.17) is 0 Å². The molecule has 8 heteroatoms. The fourth-order valence-electron chi connectivity index (χ4n) is 2.97. The summed E-state index contributed by atoms with van der Waals surface area (Å²) in [7, 11) is 0. The predicted octanol–water partition coefficient (Wildman–Crippen LogP) is 1.89. The van der Waals surface area contributed by atoms with Gasteiger partial charge in [-0.1, -0.05) is 42.0 Å². The van der Waals surface area contributed by atoms with Gasteiger partial charge >= 0.3 is 11.8 Å². The van der Waals surface area contributed by atoms with Gasteiger partial charge in [0.25, 0.3) is 5.91 Å². The second kappa shape index (κ2) is 8.20. The number of aromatic nitrogens is 2. The summed E-state index contributed by atoms with van der Waals surface area (Å²) in [5.74, 6) is -2.25. The molecular weight excluding hydrogens is 382 g/mol. The molecule has 1 fully saturated rings. The van der Waals surface area contributed by atoms with E-state index in [0.717, 1.165) is 29.7 Å². The summed E-state index contributed by atoms with van der Waals surface area (Å²) in [5.41, 5.74) is 7.80. The fraction of sp³-hybridized carbons (Fsp3) is 0.182. The van der Waals surface area contributed by atoms with Crippen LogP contribution in [0.1, 0.15) is 28.8 Å². The number of hydrogen-bond donors (Lipinski definition) is 3. The van der Waals surface area contributed by atoms with E-state index in [9.17, 15) is 14.4 Å². The van der Waals surface area contributed by atoms with Gasteiger partial charge in [-0.25, -0.2) is 4.68 Å². The number of nitrogens with zero attached hydrogens (tertiary/aromatic N) is 2. The predicted molar refractivity (Wildman–Crippen MR) is 111 cm³/mol. The van der Waals surface area contributed by atoms with Gasteiger partial charge < -0.3 is 5.32 Å². The number of nitrogens with one attached hydrogen (secondary N) is 3. The van der Waals surface area contributed by atoms with Crippen LogP contribution in [0.4, 0.5) is 0 Å². The van der Waals surface area contributed by atoms with Crippen molar-refractivity contribution in [1.82, 2.24) is 25.9 Å². The second-order valence-electron chi connectivity index (χ2n) is 7.20. The van der Waals surface area contributed by atoms with E-state index in [1.165, 1.54) is 0 Å². The number of carbonyl (C=O) groups is 3. The molecule has 0 atom stereocenters. The third kappa shape index (κ3) is 4.38. The summed E-state index contributed by atoms with van der Waals surface area (Å²) in [4.78, 5) is 36.5. The van der Waals surface area contributed by atoms with E-state index in [-0.39, 0.29) is 11.6 Å². The van der Waals surface area contributed by atoms with E-state index >= 15 is 0 Å². The highest BCUT2D eigenvalue weighted by molar-refractivity contribution is 6.35. The number of rotatable bonds is 4. The van der Waals surface area contributed by atoms with E-state index in [0.29, 0.717) is 5.69 Å². The molecule has 0 saturated heterocycles. The number of carbonyl (C=O) groups excluding carboxylic acids is 3. The molecule has 0 spiro atoms. The standard InChI is InChI=1S/C22H21N5O3/c1-14-6-5-7-15(12-14)19-18(13-27(26-19)17-8-3-2-4-9-17)20(28)24-25-22(30)21(29)23-16-10-11-16/h2-9,12-13,16H,10-11H2,1H3,(H,23,29)(H,24,28)(H,25,30). The van der Waals surface area contributed by atoms with Crippen molar-refractivity contribution in [3.63, 3.8) is 0 Å². The van der Waals surface area contributed by atoms with Crippen molar-refractivity contribution in [1.29, 1.82) is 0 Å². The highest BCUT2D eigenvalue weighted by atomic mass is 16.2. The Morgan fingerprint density at radius 2 is 1.73 bits per heavy atom. The minimum absolute atomic E-state index is 0.0518. The molecule has 0 bridgehead atoms. The zero-order valence-electron chi connectivity index (χ0n) is 16.4. The van der Waals surface area contributed by atoms with Gasteiger partial charge in [0.05, 0.1) is 11.3 Å². The fourth-order valence-corrected chi connectivity index (χ4v) is 2.97. The van der Waals surface area contributed by atoms with E-state index in [1.807, 2.05) is 61.5 Å². The van der Waals surface area contributed by atoms with Crippen molar-refractivity contribution < 1.29 is 14.4 Å². The van der Waals surface area contributed by atoms with E-state index in [1.54, 1.807) is 10.9 Å². The molecule has 3 aromatic rings. The van der Waals surface area contributed by atoms with Crippen LogP contribution in [-0.4, -0.2) is 33.5 Å². The minimum Gasteiger partial charge on any atom is -0.345 e. The summed E-state index contributed by atoms with van der Waals surface area (Å²) in [6.45, 7) is 1.95. The molecule has 1 aromatic heterocycles. The maximum Gasteiger partial charge on any atom is 0.327 e. The first-order valence-electron chi connectivity index (χ1n) is 9.64. The molecule has 0 radical (unpaired) electrons. The minimum atomic E-state index is -0.914. The lowest BCUT2D eigenvalue weighted by molar-refractivity contribution is -0.139. The first-order valence-corrected chi connectivity index (χ1v) is 9.64. The van der Waals surface area contributed by atoms with Gasteiger partial charge in [0.2, 0.25) is 0 Å². The van der Waals surface area contributed by atoms with Crippen molar-refractivity contribution in [2.45, 2.75) is 25.8 Å². The maximum absolute atomic E-state index is 12.8. The normalized spacial score (nSPS) is 12.8. The van der Waals surface area contributed by atoms with Gasteiger partial charge in [-0.3, -0.25) is 25.2 Å². The van der Waals surface area contributed by atoms with Crippen LogP contribution in [0.3, 0.4) is 0 Å². The van der Waals surface area contributed by atoms with Crippen molar-refractivity contribution in [3.05, 3.63) is 71.9 Å². The quantitative estimate of drug-likeness (QED) is 0.457. The van der Waals surface area contributed by atoms with Crippen LogP contribution in [0.15, 0.2) is 60.8 Å². The first kappa shape index (κ1) is 19.4. The number of amides is 3. The molecule has 3 amide bonds. The lowest BCUT2D eigenvalue weighted by Gasteiger charge is -2.07. The summed E-state index contributed by atoms with van der Waals surface area (Å²) < 4.78 is 1.61. The number of para-hydroxylation sites is 1. The van der Waals surface area contributed by atoms with Crippen LogP contribution in [0, 0.1) is 6.92 Å². The average molecular weight is 403 g/mol. The number of hydrogen-bond acceptors (Lipinski definition) is 4. The van der Waals surface area contributed by atoms with E-state index in [2.05, 4.69) is 21.3 Å². The van der Waals surface area contributed by atoms with Gasteiger partial charge in [-0.05, 0) is 38.0 Å². The highest BCUT2D eigenvalue weighted by Gasteiger charge is 2.27. The molecule has 0 aliphatic heterocycles. The van der Waals surface area contributed by atoms with Crippen LogP contribution in [0.2, 0.25) is 0 Å². The molecule has 1 aliphatic carbocycles. The smallest absolute Gasteiger partial charge is 0.327 e. The molecule has 1 heterocycles. The zero-order chi connectivity index (χ0) is 21.1. The van der Waals surface area contributed by atoms with Crippen LogP contribution in [0.25, 0.3) is 16.9 Å². The Bertz CT molecular complexity index is 1100. The molecule has 4 rings (SSSR count). The van der Waals surface area contributed by atoms with Crippen molar-refractivity contribution >= 4 is 17.7 Å². The molecule has 152 valence electrons. The Balaban J connectivity index is 1.58. The maximum atomic E-state index is 12.8. The van der Waals surface area contributed by atoms with Crippen molar-refractivity contribution in [2.75, 3.05) is 0 Å². The van der Waals surface area contributed by atoms with Crippen molar-refractivity contribution in [2.24, 2.45) is 0 Å². The number of aryl methyl sites for hydroxylation is 1. The first-order chi connectivity index (χ1) is 14.5. The Morgan fingerprint density at radius 3 is 2.43 bits per heavy atom. The largest absolute Gasteiger partial charge is 0.345 e. The lowest BCUT2D eigenvalue weighted by atomic mass is 10.1. The van der Waals surface area contributed by atoms with Crippen molar-refractivity contribution in [3.8, 4) is 16.9 Å². The molecular formula is C22H21N5O3. The Labute approximate surface area is 173 Å². The molecule has 3 N–H and O–H groups in total. The molecule has 1 aliphatic rings. The number of hydrazine groups is 1. The van der Waals surface area contributed by atoms with Gasteiger partial charge in [0.1, 0.15) is 5.69 Å². The lowest BCUT2D eigenvalue weighted by Crippen LogP contribution is -2.49. The third-order valence-corrected chi connectivity index (χ3v) is 4.68. The zero-order valence-corrected chi connectivity index (χ0v) is 16.4. The summed E-state index contributed by atoms with van der Waals surface area (Å²) in [5, 5.41) is 7.15. The topological polar surface area (TPSA) is 105 Å². The second-order valence-corrected chi connectivity index (χ2v) is 7.20. The van der Waals surface area contributed by atoms with Gasteiger partial charge in [0.15, 0.2) is 0 Å². The van der Waals surface area contributed by atoms with Crippen LogP contribution < -0.4 is 16.2 Å². The SMILES string of the molecule is Cc1cccc(-c2nn(-c3ccccc3)cc2C(=O)NNC(=O)C(=O)NC2CC2)c1. The van der Waals surface area contributed by atoms with Crippen LogP contribution in [-0.2, 0) is 9.59 Å². The van der Waals surface area contributed by atoms with Crippen LogP contribution in [0.5, 0.6) is 0 Å². The summed E-state index contributed by atoms with van der Waals surface area (Å²) in [6.07, 6.45) is 3.33. The Kier molecular flexibility index (Phi) is 5.30. The summed E-state index contributed by atoms with van der Waals surface area (Å²) >= 11 is 0. The molecule has 0 unspecified atom stereocenters. The molecule has 1 saturated carbocycles. The van der Waals surface area contributed by atoms with Crippen LogP contribution >= 0.6 is 0 Å². The Morgan fingerprint density at radius 1 is 0.967 bits per heavy atom. The monoisotopic (exact) mass is 403 g/mol. The Hall–Kier alpha value is -3.94. The van der Waals surface area contributed by atoms with E-state index < -0.39 is 17.7 Å². The van der Waals surface area contributed by atoms with Gasteiger partial charge in [-0.15, -0.1) is 0 Å². The average Bonchev–Trinajstić information content (AvgIpc) is 3.46. The third-order valence-electron chi connectivity index (χ3n) is 4.68. The molecule has 8 nitrogen and oxygen atoms in total. The summed E-state index contributed by atoms with van der Waals surface area (Å²) in [6, 6.07) is 17.1. The molecule has 30 heavy (non-hydrogen) atoms. The molecule has 2 aromatic carbocycles. The number of benzene rings is 2. The highest BCUT2D eigenvalue weighted by Crippen LogP contribution is 2.24. The van der Waals surface area contributed by atoms with Gasteiger partial charge in [0, 0.05) is 17.8 Å².